The van der Waals surface area contributed by atoms with E-state index >= 15 is 0 Å². The molecule has 2 aliphatic carbocycles. The molecule has 0 aromatic heterocycles. The second-order valence-corrected chi connectivity index (χ2v) is 9.33. The highest BCUT2D eigenvalue weighted by Gasteiger charge is 2.47. The lowest BCUT2D eigenvalue weighted by Gasteiger charge is -2.47. The summed E-state index contributed by atoms with van der Waals surface area (Å²) in [4.78, 5) is 11.8. The van der Waals surface area contributed by atoms with Crippen molar-refractivity contribution in [3.05, 3.63) is 0 Å². The Morgan fingerprint density at radius 3 is 2.12 bits per heavy atom. The number of aliphatic hydroxyl groups excluding tert-OH is 1. The maximum absolute atomic E-state index is 11.8. The van der Waals surface area contributed by atoms with Crippen LogP contribution in [0.4, 0.5) is 0 Å². The summed E-state index contributed by atoms with van der Waals surface area (Å²) < 4.78 is 36.2. The van der Waals surface area contributed by atoms with Crippen LogP contribution in [0.25, 0.3) is 0 Å². The van der Waals surface area contributed by atoms with Crippen molar-refractivity contribution < 1.29 is 38.3 Å². The van der Waals surface area contributed by atoms with E-state index in [-0.39, 0.29) is 18.5 Å². The molecule has 1 saturated heterocycles. The van der Waals surface area contributed by atoms with Crippen molar-refractivity contribution in [2.75, 3.05) is 20.8 Å². The Hall–Kier alpha value is -0.770. The van der Waals surface area contributed by atoms with Gasteiger partial charge in [0, 0.05) is 39.4 Å². The van der Waals surface area contributed by atoms with E-state index in [1.807, 2.05) is 6.92 Å². The monoisotopic (exact) mass is 458 g/mol. The van der Waals surface area contributed by atoms with Gasteiger partial charge in [0.1, 0.15) is 6.10 Å². The maximum Gasteiger partial charge on any atom is 0.308 e. The summed E-state index contributed by atoms with van der Waals surface area (Å²) in [5, 5.41) is 10.9. The fraction of sp³-hybridized carbons (Fsp3) is 0.958. The molecule has 3 aliphatic rings. The van der Waals surface area contributed by atoms with Gasteiger partial charge in [0.05, 0.1) is 25.7 Å². The maximum atomic E-state index is 11.8. The van der Waals surface area contributed by atoms with Crippen LogP contribution in [0.5, 0.6) is 0 Å². The third-order valence-electron chi connectivity index (χ3n) is 7.08. The predicted molar refractivity (Wildman–Crippen MR) is 117 cm³/mol. The number of ether oxygens (including phenoxy) is 6. The highest BCUT2D eigenvalue weighted by atomic mass is 16.8. The van der Waals surface area contributed by atoms with E-state index in [2.05, 4.69) is 0 Å². The van der Waals surface area contributed by atoms with Gasteiger partial charge >= 0.3 is 5.97 Å². The van der Waals surface area contributed by atoms with Crippen LogP contribution in [-0.4, -0.2) is 68.1 Å². The molecular weight excluding hydrogens is 416 g/mol. The van der Waals surface area contributed by atoms with Gasteiger partial charge < -0.3 is 33.5 Å². The molecule has 3 rings (SSSR count). The van der Waals surface area contributed by atoms with E-state index < -0.39 is 30.1 Å². The van der Waals surface area contributed by atoms with E-state index in [9.17, 15) is 9.90 Å². The molecule has 1 aliphatic heterocycles. The van der Waals surface area contributed by atoms with Crippen molar-refractivity contribution >= 4 is 5.97 Å². The number of rotatable bonds is 10. The van der Waals surface area contributed by atoms with E-state index in [1.165, 1.54) is 7.11 Å². The molecule has 3 fully saturated rings. The van der Waals surface area contributed by atoms with Gasteiger partial charge in [0.25, 0.3) is 0 Å². The zero-order valence-corrected chi connectivity index (χ0v) is 20.0. The first-order chi connectivity index (χ1) is 15.4. The van der Waals surface area contributed by atoms with Crippen LogP contribution in [0.2, 0.25) is 0 Å². The topological polar surface area (TPSA) is 92.7 Å². The van der Waals surface area contributed by atoms with E-state index in [1.54, 1.807) is 7.11 Å². The first-order valence-corrected chi connectivity index (χ1v) is 12.4. The Labute approximate surface area is 192 Å². The number of esters is 1. The highest BCUT2D eigenvalue weighted by Crippen LogP contribution is 2.40. The molecule has 4 atom stereocenters. The van der Waals surface area contributed by atoms with Gasteiger partial charge in [-0.25, -0.2) is 0 Å². The lowest BCUT2D eigenvalue weighted by Crippen LogP contribution is -2.56. The average molecular weight is 459 g/mol. The van der Waals surface area contributed by atoms with Crippen LogP contribution >= 0.6 is 0 Å². The Kier molecular flexibility index (Phi) is 9.76. The van der Waals surface area contributed by atoms with Gasteiger partial charge in [-0.2, -0.15) is 0 Å². The molecule has 0 unspecified atom stereocenters. The smallest absolute Gasteiger partial charge is 0.308 e. The van der Waals surface area contributed by atoms with Crippen molar-refractivity contribution in [2.45, 2.75) is 127 Å². The van der Waals surface area contributed by atoms with Crippen molar-refractivity contribution in [2.24, 2.45) is 0 Å². The molecule has 1 N–H and O–H groups in total. The SMILES string of the molecule is CCOC1(O[C@@H](OC2(OC)CCCCC2)[C@H]2O[C@@H](CC(=O)OC)CC[C@@H]2O)CCCCC1. The molecular formula is C24H42O8. The fourth-order valence-corrected chi connectivity index (χ4v) is 5.26. The van der Waals surface area contributed by atoms with Gasteiger partial charge in [-0.1, -0.05) is 12.8 Å². The summed E-state index contributed by atoms with van der Waals surface area (Å²) >= 11 is 0. The van der Waals surface area contributed by atoms with E-state index in [0.29, 0.717) is 19.4 Å². The minimum atomic E-state index is -0.867. The summed E-state index contributed by atoms with van der Waals surface area (Å²) in [6, 6.07) is 0. The van der Waals surface area contributed by atoms with E-state index in [4.69, 9.17) is 28.4 Å². The van der Waals surface area contributed by atoms with Crippen molar-refractivity contribution in [3.8, 4) is 0 Å². The molecule has 32 heavy (non-hydrogen) atoms. The lowest BCUT2D eigenvalue weighted by molar-refractivity contribution is -0.400. The Bertz CT molecular complexity index is 565. The molecule has 2 saturated carbocycles. The molecule has 1 heterocycles. The molecule has 0 aromatic rings. The van der Waals surface area contributed by atoms with Gasteiger partial charge in [-0.15, -0.1) is 0 Å². The third kappa shape index (κ3) is 6.64. The standard InChI is InChI=1S/C24H42O8/c1-4-29-24(15-9-6-10-16-24)32-22(31-23(28-3)13-7-5-8-14-23)21-19(25)12-11-18(30-21)17-20(26)27-2/h18-19,21-22,25H,4-17H2,1-3H3/t18-,19+,21+,22-/m1/s1. The summed E-state index contributed by atoms with van der Waals surface area (Å²) in [6.45, 7) is 2.49. The van der Waals surface area contributed by atoms with Gasteiger partial charge in [-0.05, 0) is 45.4 Å². The van der Waals surface area contributed by atoms with Gasteiger partial charge in [0.15, 0.2) is 17.9 Å². The Morgan fingerprint density at radius 1 is 0.969 bits per heavy atom. The van der Waals surface area contributed by atoms with Crippen LogP contribution in [0.1, 0.15) is 90.4 Å². The van der Waals surface area contributed by atoms with Crippen LogP contribution in [-0.2, 0) is 33.2 Å². The van der Waals surface area contributed by atoms with Gasteiger partial charge in [-0.3, -0.25) is 4.79 Å². The van der Waals surface area contributed by atoms with Gasteiger partial charge in [0.2, 0.25) is 0 Å². The zero-order chi connectivity index (χ0) is 23.0. The van der Waals surface area contributed by atoms with Crippen molar-refractivity contribution in [1.29, 1.82) is 0 Å². The number of aliphatic hydroxyl groups is 1. The first kappa shape index (κ1) is 25.8. The predicted octanol–water partition coefficient (Wildman–Crippen LogP) is 3.82. The summed E-state index contributed by atoms with van der Waals surface area (Å²) in [7, 11) is 3.03. The third-order valence-corrected chi connectivity index (χ3v) is 7.08. The molecule has 0 spiro atoms. The quantitative estimate of drug-likeness (QED) is 0.390. The minimum Gasteiger partial charge on any atom is -0.469 e. The molecule has 186 valence electrons. The molecule has 8 heteroatoms. The number of methoxy groups -OCH3 is 2. The second kappa shape index (κ2) is 12.1. The number of carbonyl (C=O) groups excluding carboxylic acids is 1. The minimum absolute atomic E-state index is 0.137. The second-order valence-electron chi connectivity index (χ2n) is 9.33. The zero-order valence-electron chi connectivity index (χ0n) is 20.0. The summed E-state index contributed by atoms with van der Waals surface area (Å²) in [5.74, 6) is -1.87. The number of hydrogen-bond donors (Lipinski definition) is 1. The molecule has 0 aromatic carbocycles. The molecule has 8 nitrogen and oxygen atoms in total. The Morgan fingerprint density at radius 2 is 1.56 bits per heavy atom. The van der Waals surface area contributed by atoms with E-state index in [0.717, 1.165) is 64.2 Å². The molecule has 0 amide bonds. The first-order valence-electron chi connectivity index (χ1n) is 12.4. The average Bonchev–Trinajstić information content (AvgIpc) is 2.81. The van der Waals surface area contributed by atoms with Crippen LogP contribution in [0, 0.1) is 0 Å². The number of carbonyl (C=O) groups is 1. The Balaban J connectivity index is 1.83. The lowest BCUT2D eigenvalue weighted by atomic mass is 9.92. The van der Waals surface area contributed by atoms with Crippen LogP contribution in [0.15, 0.2) is 0 Å². The molecule has 0 radical (unpaired) electrons. The number of hydrogen-bond acceptors (Lipinski definition) is 8. The highest BCUT2D eigenvalue weighted by molar-refractivity contribution is 5.69. The summed E-state index contributed by atoms with van der Waals surface area (Å²) in [6.07, 6.45) is 7.89. The summed E-state index contributed by atoms with van der Waals surface area (Å²) in [5.41, 5.74) is 0. The fourth-order valence-electron chi connectivity index (χ4n) is 5.26. The van der Waals surface area contributed by atoms with Crippen molar-refractivity contribution in [3.63, 3.8) is 0 Å². The molecule has 0 bridgehead atoms. The normalized spacial score (nSPS) is 31.1. The van der Waals surface area contributed by atoms with Crippen molar-refractivity contribution in [1.82, 2.24) is 0 Å². The van der Waals surface area contributed by atoms with Crippen LogP contribution < -0.4 is 0 Å². The van der Waals surface area contributed by atoms with Crippen LogP contribution in [0.3, 0.4) is 0 Å². The largest absolute Gasteiger partial charge is 0.469 e.